The van der Waals surface area contributed by atoms with Gasteiger partial charge in [-0.05, 0) is 23.5 Å². The molecular weight excluding hydrogens is 164 g/mol. The molecule has 0 heterocycles. The number of hydrogen-bond donors (Lipinski definition) is 2. The fraction of sp³-hybridized carbons (Fsp3) is 0.455. The van der Waals surface area contributed by atoms with Gasteiger partial charge in [0.1, 0.15) is 5.75 Å². The van der Waals surface area contributed by atoms with E-state index < -0.39 is 0 Å². The Kier molecular flexibility index (Phi) is 3.32. The van der Waals surface area contributed by atoms with Crippen molar-refractivity contribution in [1.82, 2.24) is 0 Å². The maximum absolute atomic E-state index is 9.78. The first-order valence-corrected chi connectivity index (χ1v) is 4.58. The lowest BCUT2D eigenvalue weighted by atomic mass is 9.98. The van der Waals surface area contributed by atoms with Crippen molar-refractivity contribution in [1.29, 1.82) is 0 Å². The normalized spacial score (nSPS) is 10.8. The molecule has 1 aromatic rings. The van der Waals surface area contributed by atoms with Crippen LogP contribution in [0.4, 0.5) is 0 Å². The van der Waals surface area contributed by atoms with Crippen LogP contribution in [0.5, 0.6) is 5.75 Å². The molecule has 0 saturated carbocycles. The van der Waals surface area contributed by atoms with Gasteiger partial charge in [0.05, 0.1) is 0 Å². The predicted octanol–water partition coefficient (Wildman–Crippen LogP) is 2.05. The van der Waals surface area contributed by atoms with E-state index >= 15 is 0 Å². The van der Waals surface area contributed by atoms with Gasteiger partial charge in [-0.15, -0.1) is 0 Å². The average Bonchev–Trinajstić information content (AvgIpc) is 2.08. The second-order valence-corrected chi connectivity index (χ2v) is 3.48. The molecule has 1 aromatic carbocycles. The molecule has 0 bridgehead atoms. The van der Waals surface area contributed by atoms with Gasteiger partial charge in [0, 0.05) is 6.61 Å². The van der Waals surface area contributed by atoms with Crippen LogP contribution >= 0.6 is 0 Å². The van der Waals surface area contributed by atoms with Crippen LogP contribution in [0.2, 0.25) is 0 Å². The molecule has 72 valence electrons. The molecule has 13 heavy (non-hydrogen) atoms. The van der Waals surface area contributed by atoms with Gasteiger partial charge in [-0.2, -0.15) is 0 Å². The van der Waals surface area contributed by atoms with Crippen LogP contribution in [-0.4, -0.2) is 16.8 Å². The third-order valence-electron chi connectivity index (χ3n) is 2.15. The molecule has 0 aliphatic heterocycles. The maximum atomic E-state index is 9.78. The smallest absolute Gasteiger partial charge is 0.122 e. The zero-order valence-corrected chi connectivity index (χ0v) is 8.12. The largest absolute Gasteiger partial charge is 0.507 e. The van der Waals surface area contributed by atoms with Crippen LogP contribution in [0.15, 0.2) is 18.2 Å². The van der Waals surface area contributed by atoms with Crippen molar-refractivity contribution >= 4 is 0 Å². The van der Waals surface area contributed by atoms with E-state index in [4.69, 9.17) is 5.11 Å². The average molecular weight is 180 g/mol. The summed E-state index contributed by atoms with van der Waals surface area (Å²) in [4.78, 5) is 0. The van der Waals surface area contributed by atoms with Crippen molar-refractivity contribution in [3.63, 3.8) is 0 Å². The third kappa shape index (κ3) is 2.22. The number of aromatic hydroxyl groups is 1. The zero-order chi connectivity index (χ0) is 9.84. The highest BCUT2D eigenvalue weighted by molar-refractivity contribution is 5.42. The lowest BCUT2D eigenvalue weighted by Crippen LogP contribution is -1.95. The van der Waals surface area contributed by atoms with Gasteiger partial charge in [-0.3, -0.25) is 0 Å². The highest BCUT2D eigenvalue weighted by Gasteiger charge is 2.08. The van der Waals surface area contributed by atoms with E-state index in [0.717, 1.165) is 11.1 Å². The SMILES string of the molecule is CC(C)c1cccc(CCO)c1O. The van der Waals surface area contributed by atoms with Crippen LogP contribution in [0.1, 0.15) is 30.9 Å². The van der Waals surface area contributed by atoms with E-state index in [0.29, 0.717) is 18.1 Å². The standard InChI is InChI=1S/C11H16O2/c1-8(2)10-5-3-4-9(6-7-12)11(10)13/h3-5,8,12-13H,6-7H2,1-2H3. The minimum atomic E-state index is 0.0785. The summed E-state index contributed by atoms with van der Waals surface area (Å²) in [7, 11) is 0. The Morgan fingerprint density at radius 3 is 2.54 bits per heavy atom. The first-order valence-electron chi connectivity index (χ1n) is 4.58. The molecule has 0 aliphatic carbocycles. The molecule has 0 spiro atoms. The number of rotatable bonds is 3. The van der Waals surface area contributed by atoms with Gasteiger partial charge in [0.25, 0.3) is 0 Å². The van der Waals surface area contributed by atoms with E-state index in [1.54, 1.807) is 0 Å². The van der Waals surface area contributed by atoms with Gasteiger partial charge in [-0.25, -0.2) is 0 Å². The first kappa shape index (κ1) is 10.1. The van der Waals surface area contributed by atoms with Crippen molar-refractivity contribution in [3.05, 3.63) is 29.3 Å². The Bertz CT molecular complexity index is 279. The molecule has 0 aliphatic rings. The topological polar surface area (TPSA) is 40.5 Å². The minimum Gasteiger partial charge on any atom is -0.507 e. The Hall–Kier alpha value is -1.02. The van der Waals surface area contributed by atoms with Crippen LogP contribution in [0.3, 0.4) is 0 Å². The minimum absolute atomic E-state index is 0.0785. The van der Waals surface area contributed by atoms with E-state index in [1.165, 1.54) is 0 Å². The van der Waals surface area contributed by atoms with E-state index in [-0.39, 0.29) is 6.61 Å². The van der Waals surface area contributed by atoms with Crippen molar-refractivity contribution in [2.45, 2.75) is 26.2 Å². The summed E-state index contributed by atoms with van der Waals surface area (Å²) >= 11 is 0. The van der Waals surface area contributed by atoms with Gasteiger partial charge in [0.2, 0.25) is 0 Å². The summed E-state index contributed by atoms with van der Waals surface area (Å²) in [6.45, 7) is 4.16. The molecule has 0 unspecified atom stereocenters. The van der Waals surface area contributed by atoms with Gasteiger partial charge < -0.3 is 10.2 Å². The van der Waals surface area contributed by atoms with Crippen molar-refractivity contribution in [2.24, 2.45) is 0 Å². The van der Waals surface area contributed by atoms with Gasteiger partial charge >= 0.3 is 0 Å². The fourth-order valence-corrected chi connectivity index (χ4v) is 1.40. The van der Waals surface area contributed by atoms with E-state index in [9.17, 15) is 5.11 Å². The van der Waals surface area contributed by atoms with Crippen molar-refractivity contribution in [3.8, 4) is 5.75 Å². The van der Waals surface area contributed by atoms with Gasteiger partial charge in [-0.1, -0.05) is 32.0 Å². The highest BCUT2D eigenvalue weighted by atomic mass is 16.3. The molecule has 0 aromatic heterocycles. The number of phenols is 1. The Morgan fingerprint density at radius 1 is 1.31 bits per heavy atom. The number of para-hydroxylation sites is 1. The second kappa shape index (κ2) is 4.28. The second-order valence-electron chi connectivity index (χ2n) is 3.48. The zero-order valence-electron chi connectivity index (χ0n) is 8.12. The summed E-state index contributed by atoms with van der Waals surface area (Å²) in [5.74, 6) is 0.658. The quantitative estimate of drug-likeness (QED) is 0.747. The lowest BCUT2D eigenvalue weighted by Gasteiger charge is -2.11. The predicted molar refractivity (Wildman–Crippen MR) is 53.0 cm³/mol. The monoisotopic (exact) mass is 180 g/mol. The van der Waals surface area contributed by atoms with Crippen LogP contribution in [-0.2, 0) is 6.42 Å². The fourth-order valence-electron chi connectivity index (χ4n) is 1.40. The summed E-state index contributed by atoms with van der Waals surface area (Å²) in [6.07, 6.45) is 0.520. The van der Waals surface area contributed by atoms with Crippen molar-refractivity contribution < 1.29 is 10.2 Å². The molecule has 0 atom stereocenters. The summed E-state index contributed by atoms with van der Waals surface area (Å²) in [5.41, 5.74) is 1.78. The molecule has 0 fully saturated rings. The molecule has 0 saturated heterocycles. The third-order valence-corrected chi connectivity index (χ3v) is 2.15. The van der Waals surface area contributed by atoms with E-state index in [1.807, 2.05) is 32.0 Å². The molecule has 1 rings (SSSR count). The molecule has 2 N–H and O–H groups in total. The molecule has 0 radical (unpaired) electrons. The molecule has 2 nitrogen and oxygen atoms in total. The highest BCUT2D eigenvalue weighted by Crippen LogP contribution is 2.28. The summed E-state index contributed by atoms with van der Waals surface area (Å²) in [5, 5.41) is 18.5. The molecular formula is C11H16O2. The van der Waals surface area contributed by atoms with Crippen LogP contribution < -0.4 is 0 Å². The number of benzene rings is 1. The lowest BCUT2D eigenvalue weighted by molar-refractivity contribution is 0.297. The van der Waals surface area contributed by atoms with Crippen LogP contribution in [0.25, 0.3) is 0 Å². The summed E-state index contributed by atoms with van der Waals surface area (Å²) < 4.78 is 0. The number of aliphatic hydroxyl groups excluding tert-OH is 1. The molecule has 2 heteroatoms. The number of hydrogen-bond acceptors (Lipinski definition) is 2. The first-order chi connectivity index (χ1) is 6.16. The van der Waals surface area contributed by atoms with Crippen molar-refractivity contribution in [2.75, 3.05) is 6.61 Å². The maximum Gasteiger partial charge on any atom is 0.122 e. The van der Waals surface area contributed by atoms with Crippen LogP contribution in [0, 0.1) is 0 Å². The molecule has 0 amide bonds. The Balaban J connectivity index is 3.03. The van der Waals surface area contributed by atoms with Gasteiger partial charge in [0.15, 0.2) is 0 Å². The Labute approximate surface area is 78.8 Å². The number of aliphatic hydroxyl groups is 1. The Morgan fingerprint density at radius 2 is 2.00 bits per heavy atom. The summed E-state index contributed by atoms with van der Waals surface area (Å²) in [6, 6.07) is 5.68. The van der Waals surface area contributed by atoms with E-state index in [2.05, 4.69) is 0 Å². The number of phenolic OH excluding ortho intramolecular Hbond substituents is 1.